The smallest absolute Gasteiger partial charge is 0.462 e. The summed E-state index contributed by atoms with van der Waals surface area (Å²) in [4.78, 5) is 35.7. The van der Waals surface area contributed by atoms with Crippen LogP contribution in [-0.2, 0) is 32.7 Å². The fraction of sp³-hybridized carbons (Fsp3) is 0.952. The van der Waals surface area contributed by atoms with Crippen molar-refractivity contribution in [3.8, 4) is 0 Å². The molecule has 0 radical (unpaired) electrons. The molecule has 0 aliphatic carbocycles. The lowest BCUT2D eigenvalue weighted by Gasteiger charge is -2.29. The molecule has 0 aliphatic rings. The van der Waals surface area contributed by atoms with Crippen molar-refractivity contribution in [3.05, 3.63) is 0 Å². The van der Waals surface area contributed by atoms with E-state index >= 15 is 0 Å². The fourth-order valence-corrected chi connectivity index (χ4v) is 7.45. The second-order valence-electron chi connectivity index (χ2n) is 16.2. The highest BCUT2D eigenvalue weighted by atomic mass is 31.2. The summed E-state index contributed by atoms with van der Waals surface area (Å²) in [6.45, 7) is 6.29. The number of quaternary nitrogens is 1. The monoisotopic (exact) mass is 763 g/mol. The number of unbranched alkanes of at least 4 members (excludes halogenated alkanes) is 24. The van der Waals surface area contributed by atoms with Gasteiger partial charge in [0.2, 0.25) is 0 Å². The predicted molar refractivity (Wildman–Crippen MR) is 215 cm³/mol. The molecule has 0 amide bonds. The van der Waals surface area contributed by atoms with Gasteiger partial charge < -0.3 is 18.9 Å². The Morgan fingerprint density at radius 1 is 0.538 bits per heavy atom. The van der Waals surface area contributed by atoms with Gasteiger partial charge in [-0.25, -0.2) is 4.57 Å². The zero-order chi connectivity index (χ0) is 38.8. The molecule has 1 N–H and O–H groups in total. The maximum Gasteiger partial charge on any atom is 0.472 e. The standard InChI is InChI=1S/C42H84NO8P/c1-7-10-12-14-16-18-20-22-24-26-28-30-32-34-41(44)48-37-40(38-49-52(46,47)51-39(9-3)36-43(4,5)6)50-42(45)35-33-31-29-27-25-23-21-19-17-15-13-11-8-2/h39-40H,7-38H2,1-6H3/p+1/t39?,40-/m1/s1. The molecule has 0 saturated carbocycles. The van der Waals surface area contributed by atoms with Gasteiger partial charge in [-0.05, 0) is 19.3 Å². The molecule has 0 saturated heterocycles. The highest BCUT2D eigenvalue weighted by Gasteiger charge is 2.31. The third-order valence-corrected chi connectivity index (χ3v) is 10.6. The van der Waals surface area contributed by atoms with Crippen LogP contribution in [0.15, 0.2) is 0 Å². The van der Waals surface area contributed by atoms with E-state index < -0.39 is 32.6 Å². The predicted octanol–water partition coefficient (Wildman–Crippen LogP) is 12.0. The lowest BCUT2D eigenvalue weighted by molar-refractivity contribution is -0.873. The van der Waals surface area contributed by atoms with E-state index in [1.807, 2.05) is 28.1 Å². The highest BCUT2D eigenvalue weighted by molar-refractivity contribution is 7.47. The number of likely N-dealkylation sites (N-methyl/N-ethyl adjacent to an activating group) is 1. The topological polar surface area (TPSA) is 108 Å². The molecule has 3 atom stereocenters. The van der Waals surface area contributed by atoms with Crippen LogP contribution >= 0.6 is 7.82 Å². The largest absolute Gasteiger partial charge is 0.472 e. The van der Waals surface area contributed by atoms with Crippen LogP contribution in [0.5, 0.6) is 0 Å². The van der Waals surface area contributed by atoms with Gasteiger partial charge in [0.05, 0.1) is 27.7 Å². The van der Waals surface area contributed by atoms with Gasteiger partial charge in [-0.2, -0.15) is 0 Å². The second kappa shape index (κ2) is 34.5. The van der Waals surface area contributed by atoms with Crippen LogP contribution in [0, 0.1) is 0 Å². The minimum atomic E-state index is -4.43. The van der Waals surface area contributed by atoms with Crippen LogP contribution in [0.2, 0.25) is 0 Å². The summed E-state index contributed by atoms with van der Waals surface area (Å²) in [6, 6.07) is 0. The highest BCUT2D eigenvalue weighted by Crippen LogP contribution is 2.45. The molecule has 0 fully saturated rings. The van der Waals surface area contributed by atoms with Crippen molar-refractivity contribution in [3.63, 3.8) is 0 Å². The summed E-state index contributed by atoms with van der Waals surface area (Å²) < 4.78 is 35.2. The molecule has 0 rings (SSSR count). The van der Waals surface area contributed by atoms with E-state index in [1.54, 1.807) is 0 Å². The maximum absolute atomic E-state index is 12.8. The van der Waals surface area contributed by atoms with Gasteiger partial charge in [0, 0.05) is 12.8 Å². The van der Waals surface area contributed by atoms with Gasteiger partial charge in [-0.3, -0.25) is 18.6 Å². The Bertz CT molecular complexity index is 881. The van der Waals surface area contributed by atoms with Crippen molar-refractivity contribution in [2.75, 3.05) is 40.9 Å². The van der Waals surface area contributed by atoms with Crippen molar-refractivity contribution >= 4 is 19.8 Å². The minimum absolute atomic E-state index is 0.224. The number of esters is 2. The van der Waals surface area contributed by atoms with Gasteiger partial charge in [0.15, 0.2) is 6.10 Å². The number of hydrogen-bond donors (Lipinski definition) is 1. The van der Waals surface area contributed by atoms with Gasteiger partial charge in [-0.1, -0.05) is 175 Å². The van der Waals surface area contributed by atoms with Gasteiger partial charge >= 0.3 is 19.8 Å². The van der Waals surface area contributed by atoms with Gasteiger partial charge in [0.25, 0.3) is 0 Å². The number of hydrogen-bond acceptors (Lipinski definition) is 7. The number of nitrogens with zero attached hydrogens (tertiary/aromatic N) is 1. The first-order valence-corrected chi connectivity index (χ1v) is 23.2. The number of phosphoric acid groups is 1. The summed E-state index contributed by atoms with van der Waals surface area (Å²) >= 11 is 0. The van der Waals surface area contributed by atoms with E-state index in [0.717, 1.165) is 32.1 Å². The Hall–Kier alpha value is -0.990. The molecule has 52 heavy (non-hydrogen) atoms. The van der Waals surface area contributed by atoms with Gasteiger partial charge in [-0.15, -0.1) is 0 Å². The normalized spacial score (nSPS) is 14.2. The number of ether oxygens (including phenoxy) is 2. The van der Waals surface area contributed by atoms with E-state index in [0.29, 0.717) is 30.3 Å². The average Bonchev–Trinajstić information content (AvgIpc) is 3.09. The number of carbonyl (C=O) groups is 2. The number of phosphoric ester groups is 1. The van der Waals surface area contributed by atoms with Crippen molar-refractivity contribution < 1.29 is 42.1 Å². The molecule has 0 aliphatic heterocycles. The zero-order valence-corrected chi connectivity index (χ0v) is 35.9. The lowest BCUT2D eigenvalue weighted by atomic mass is 10.0. The summed E-state index contributed by atoms with van der Waals surface area (Å²) in [7, 11) is 1.51. The molecular weight excluding hydrogens is 677 g/mol. The molecule has 10 heteroatoms. The van der Waals surface area contributed by atoms with Crippen LogP contribution in [0.4, 0.5) is 0 Å². The molecule has 0 bridgehead atoms. The van der Waals surface area contributed by atoms with E-state index in [-0.39, 0.29) is 19.0 Å². The first-order valence-electron chi connectivity index (χ1n) is 21.7. The van der Waals surface area contributed by atoms with E-state index in [2.05, 4.69) is 13.8 Å². The van der Waals surface area contributed by atoms with Crippen molar-refractivity contribution in [2.24, 2.45) is 0 Å². The van der Waals surface area contributed by atoms with Crippen LogP contribution in [0.1, 0.15) is 207 Å². The first-order chi connectivity index (χ1) is 24.9. The van der Waals surface area contributed by atoms with Crippen LogP contribution in [0.25, 0.3) is 0 Å². The molecule has 310 valence electrons. The molecule has 2 unspecified atom stereocenters. The van der Waals surface area contributed by atoms with Crippen molar-refractivity contribution in [1.82, 2.24) is 0 Å². The van der Waals surface area contributed by atoms with E-state index in [1.165, 1.54) is 128 Å². The zero-order valence-electron chi connectivity index (χ0n) is 35.0. The molecule has 0 aromatic rings. The number of carbonyl (C=O) groups excluding carboxylic acids is 2. The maximum atomic E-state index is 12.8. The third-order valence-electron chi connectivity index (χ3n) is 9.61. The molecule has 0 aromatic heterocycles. The molecule has 0 aromatic carbocycles. The summed E-state index contributed by atoms with van der Waals surface area (Å²) in [6.07, 6.45) is 31.4. The molecule has 9 nitrogen and oxygen atoms in total. The van der Waals surface area contributed by atoms with Crippen molar-refractivity contribution in [1.29, 1.82) is 0 Å². The number of rotatable bonds is 39. The van der Waals surface area contributed by atoms with Crippen LogP contribution in [-0.4, -0.2) is 74.4 Å². The van der Waals surface area contributed by atoms with Crippen LogP contribution < -0.4 is 0 Å². The summed E-state index contributed by atoms with van der Waals surface area (Å²) in [5.74, 6) is -0.785. The van der Waals surface area contributed by atoms with Crippen molar-refractivity contribution in [2.45, 2.75) is 219 Å². The summed E-state index contributed by atoms with van der Waals surface area (Å²) in [5, 5.41) is 0. The Balaban J connectivity index is 4.54. The molecule has 0 heterocycles. The average molecular weight is 763 g/mol. The quantitative estimate of drug-likeness (QED) is 0.0285. The molecular formula is C42H85NO8P+. The fourth-order valence-electron chi connectivity index (χ4n) is 6.44. The van der Waals surface area contributed by atoms with E-state index in [9.17, 15) is 19.0 Å². The minimum Gasteiger partial charge on any atom is -0.462 e. The first kappa shape index (κ1) is 51.0. The Kier molecular flexibility index (Phi) is 33.8. The Labute approximate surface area is 321 Å². The third kappa shape index (κ3) is 36.0. The Morgan fingerprint density at radius 2 is 0.904 bits per heavy atom. The Morgan fingerprint density at radius 3 is 1.27 bits per heavy atom. The summed E-state index contributed by atoms with van der Waals surface area (Å²) in [5.41, 5.74) is 0. The molecule has 0 spiro atoms. The SMILES string of the molecule is CCCCCCCCCCCCCCCC(=O)OC[C@H](COP(=O)(O)OC(CC)C[N+](C)(C)C)OC(=O)CCCCCCCCCCCCCCC. The van der Waals surface area contributed by atoms with E-state index in [4.69, 9.17) is 18.5 Å². The lowest BCUT2D eigenvalue weighted by Crippen LogP contribution is -2.42. The van der Waals surface area contributed by atoms with Gasteiger partial charge in [0.1, 0.15) is 19.3 Å². The second-order valence-corrected chi connectivity index (χ2v) is 17.6. The van der Waals surface area contributed by atoms with Crippen LogP contribution in [0.3, 0.4) is 0 Å².